The molecule has 0 aliphatic carbocycles. The van der Waals surface area contributed by atoms with Crippen LogP contribution in [0.25, 0.3) is 0 Å². The molecule has 5 heteroatoms. The third kappa shape index (κ3) is 3.85. The predicted octanol–water partition coefficient (Wildman–Crippen LogP) is 3.85. The van der Waals surface area contributed by atoms with E-state index in [4.69, 9.17) is 0 Å². The van der Waals surface area contributed by atoms with Crippen molar-refractivity contribution in [3.63, 3.8) is 0 Å². The summed E-state index contributed by atoms with van der Waals surface area (Å²) in [6, 6.07) is 16.8. The standard InChI is InChI=1S/C22H23N3O2/c1-22(2,3)17-9-5-7-11-19(17)25-14-16(12-20(25)26)21(27)24-18-10-6-4-8-15(18)13-23/h4-11,16H,12,14H2,1-3H3,(H,24,27). The van der Waals surface area contributed by atoms with Crippen LogP contribution in [0.15, 0.2) is 48.5 Å². The van der Waals surface area contributed by atoms with Crippen molar-refractivity contribution in [3.05, 3.63) is 59.7 Å². The Morgan fingerprint density at radius 1 is 1.15 bits per heavy atom. The Balaban J connectivity index is 1.81. The molecule has 138 valence electrons. The maximum atomic E-state index is 12.7. The summed E-state index contributed by atoms with van der Waals surface area (Å²) < 4.78 is 0. The lowest BCUT2D eigenvalue weighted by Gasteiger charge is -2.27. The van der Waals surface area contributed by atoms with Crippen LogP contribution in [0.1, 0.15) is 38.3 Å². The molecule has 1 unspecified atom stereocenters. The number of nitriles is 1. The van der Waals surface area contributed by atoms with Crippen molar-refractivity contribution in [1.82, 2.24) is 0 Å². The maximum Gasteiger partial charge on any atom is 0.229 e. The molecule has 1 atom stereocenters. The van der Waals surface area contributed by atoms with E-state index in [0.29, 0.717) is 17.8 Å². The Bertz CT molecular complexity index is 922. The second-order valence-electron chi connectivity index (χ2n) is 7.82. The second-order valence-corrected chi connectivity index (χ2v) is 7.82. The molecule has 0 bridgehead atoms. The first kappa shape index (κ1) is 18.7. The largest absolute Gasteiger partial charge is 0.325 e. The molecule has 27 heavy (non-hydrogen) atoms. The first-order valence-electron chi connectivity index (χ1n) is 9.01. The summed E-state index contributed by atoms with van der Waals surface area (Å²) in [5.41, 5.74) is 2.72. The molecule has 2 aromatic carbocycles. The summed E-state index contributed by atoms with van der Waals surface area (Å²) in [6.45, 7) is 6.66. The summed E-state index contributed by atoms with van der Waals surface area (Å²) in [4.78, 5) is 27.0. The van der Waals surface area contributed by atoms with Gasteiger partial charge in [0.2, 0.25) is 11.8 Å². The van der Waals surface area contributed by atoms with E-state index in [-0.39, 0.29) is 23.7 Å². The molecule has 1 aliphatic rings. The van der Waals surface area contributed by atoms with E-state index in [9.17, 15) is 14.9 Å². The van der Waals surface area contributed by atoms with Gasteiger partial charge in [0.1, 0.15) is 6.07 Å². The monoisotopic (exact) mass is 361 g/mol. The molecule has 1 saturated heterocycles. The van der Waals surface area contributed by atoms with Gasteiger partial charge >= 0.3 is 0 Å². The first-order chi connectivity index (χ1) is 12.8. The molecule has 0 radical (unpaired) electrons. The molecule has 3 rings (SSSR count). The lowest BCUT2D eigenvalue weighted by atomic mass is 9.85. The maximum absolute atomic E-state index is 12.7. The van der Waals surface area contributed by atoms with Gasteiger partial charge < -0.3 is 10.2 Å². The van der Waals surface area contributed by atoms with Crippen molar-refractivity contribution in [2.24, 2.45) is 5.92 Å². The van der Waals surface area contributed by atoms with Crippen LogP contribution in [-0.4, -0.2) is 18.4 Å². The number of para-hydroxylation sites is 2. The molecule has 2 amide bonds. The summed E-state index contributed by atoms with van der Waals surface area (Å²) in [5.74, 6) is -0.737. The fraction of sp³-hybridized carbons (Fsp3) is 0.318. The van der Waals surface area contributed by atoms with E-state index >= 15 is 0 Å². The van der Waals surface area contributed by atoms with Crippen LogP contribution >= 0.6 is 0 Å². The van der Waals surface area contributed by atoms with Gasteiger partial charge in [-0.1, -0.05) is 51.1 Å². The molecular weight excluding hydrogens is 338 g/mol. The van der Waals surface area contributed by atoms with E-state index < -0.39 is 5.92 Å². The fourth-order valence-electron chi connectivity index (χ4n) is 3.38. The topological polar surface area (TPSA) is 73.2 Å². The van der Waals surface area contributed by atoms with Gasteiger partial charge in [0, 0.05) is 18.7 Å². The van der Waals surface area contributed by atoms with Gasteiger partial charge in [0.15, 0.2) is 0 Å². The molecule has 1 heterocycles. The van der Waals surface area contributed by atoms with Gasteiger partial charge in [-0.05, 0) is 29.2 Å². The van der Waals surface area contributed by atoms with Gasteiger partial charge in [-0.3, -0.25) is 9.59 Å². The van der Waals surface area contributed by atoms with Crippen LogP contribution in [0.2, 0.25) is 0 Å². The zero-order chi connectivity index (χ0) is 19.6. The van der Waals surface area contributed by atoms with Crippen molar-refractivity contribution in [1.29, 1.82) is 5.26 Å². The second kappa shape index (κ2) is 7.24. The molecule has 1 fully saturated rings. The Morgan fingerprint density at radius 2 is 1.81 bits per heavy atom. The van der Waals surface area contributed by atoms with Gasteiger partial charge in [-0.25, -0.2) is 0 Å². The zero-order valence-corrected chi connectivity index (χ0v) is 15.8. The molecule has 2 aromatic rings. The van der Waals surface area contributed by atoms with E-state index in [1.54, 1.807) is 29.2 Å². The van der Waals surface area contributed by atoms with Gasteiger partial charge in [-0.2, -0.15) is 5.26 Å². The summed E-state index contributed by atoms with van der Waals surface area (Å²) in [6.07, 6.45) is 0.166. The Labute approximate surface area is 159 Å². The number of amides is 2. The van der Waals surface area contributed by atoms with E-state index in [2.05, 4.69) is 32.2 Å². The lowest BCUT2D eigenvalue weighted by molar-refractivity contribution is -0.122. The third-order valence-electron chi connectivity index (χ3n) is 4.80. The van der Waals surface area contributed by atoms with Crippen molar-refractivity contribution in [3.8, 4) is 6.07 Å². The minimum absolute atomic E-state index is 0.0552. The Kier molecular flexibility index (Phi) is 5.00. The highest BCUT2D eigenvalue weighted by Crippen LogP contribution is 2.35. The Hall–Kier alpha value is -3.13. The molecule has 5 nitrogen and oxygen atoms in total. The average Bonchev–Trinajstić information content (AvgIpc) is 3.03. The molecular formula is C22H23N3O2. The smallest absolute Gasteiger partial charge is 0.229 e. The number of carbonyl (C=O) groups is 2. The summed E-state index contributed by atoms with van der Waals surface area (Å²) in [5, 5.41) is 12.0. The lowest BCUT2D eigenvalue weighted by Crippen LogP contribution is -2.30. The van der Waals surface area contributed by atoms with Crippen LogP contribution in [0.4, 0.5) is 11.4 Å². The number of anilines is 2. The summed E-state index contributed by atoms with van der Waals surface area (Å²) in [7, 11) is 0. The normalized spacial score (nSPS) is 16.9. The minimum atomic E-state index is -0.447. The number of rotatable bonds is 3. The molecule has 0 spiro atoms. The number of benzene rings is 2. The van der Waals surface area contributed by atoms with E-state index in [1.807, 2.05) is 24.3 Å². The minimum Gasteiger partial charge on any atom is -0.325 e. The zero-order valence-electron chi connectivity index (χ0n) is 15.8. The highest BCUT2D eigenvalue weighted by atomic mass is 16.2. The number of carbonyl (C=O) groups excluding carboxylic acids is 2. The number of hydrogen-bond acceptors (Lipinski definition) is 3. The highest BCUT2D eigenvalue weighted by molar-refractivity contribution is 6.04. The molecule has 0 saturated carbocycles. The van der Waals surface area contributed by atoms with E-state index in [1.165, 1.54) is 0 Å². The number of nitrogens with zero attached hydrogens (tertiary/aromatic N) is 2. The number of nitrogens with one attached hydrogen (secondary N) is 1. The van der Waals surface area contributed by atoms with Crippen molar-refractivity contribution in [2.45, 2.75) is 32.6 Å². The SMILES string of the molecule is CC(C)(C)c1ccccc1N1CC(C(=O)Nc2ccccc2C#N)CC1=O. The predicted molar refractivity (Wildman–Crippen MR) is 105 cm³/mol. The van der Waals surface area contributed by atoms with Gasteiger partial charge in [0.05, 0.1) is 17.2 Å². The highest BCUT2D eigenvalue weighted by Gasteiger charge is 2.37. The quantitative estimate of drug-likeness (QED) is 0.902. The fourth-order valence-corrected chi connectivity index (χ4v) is 3.38. The van der Waals surface area contributed by atoms with Gasteiger partial charge in [-0.15, -0.1) is 0 Å². The van der Waals surface area contributed by atoms with Crippen LogP contribution in [-0.2, 0) is 15.0 Å². The van der Waals surface area contributed by atoms with Gasteiger partial charge in [0.25, 0.3) is 0 Å². The van der Waals surface area contributed by atoms with Crippen LogP contribution in [0.5, 0.6) is 0 Å². The molecule has 1 aliphatic heterocycles. The molecule has 1 N–H and O–H groups in total. The van der Waals surface area contributed by atoms with Crippen molar-refractivity contribution < 1.29 is 9.59 Å². The van der Waals surface area contributed by atoms with E-state index in [0.717, 1.165) is 11.3 Å². The van der Waals surface area contributed by atoms with Crippen LogP contribution in [0.3, 0.4) is 0 Å². The third-order valence-corrected chi connectivity index (χ3v) is 4.80. The van der Waals surface area contributed by atoms with Crippen molar-refractivity contribution in [2.75, 3.05) is 16.8 Å². The van der Waals surface area contributed by atoms with Crippen molar-refractivity contribution >= 4 is 23.2 Å². The Morgan fingerprint density at radius 3 is 2.52 bits per heavy atom. The summed E-state index contributed by atoms with van der Waals surface area (Å²) >= 11 is 0. The van der Waals surface area contributed by atoms with Crippen LogP contribution < -0.4 is 10.2 Å². The molecule has 0 aromatic heterocycles. The first-order valence-corrected chi connectivity index (χ1v) is 9.01. The number of hydrogen-bond donors (Lipinski definition) is 1. The van der Waals surface area contributed by atoms with Crippen LogP contribution in [0, 0.1) is 17.2 Å². The average molecular weight is 361 g/mol.